The Hall–Kier alpha value is -0.980. The van der Waals surface area contributed by atoms with E-state index in [2.05, 4.69) is 32.9 Å². The molecule has 0 aliphatic heterocycles. The van der Waals surface area contributed by atoms with Crippen molar-refractivity contribution < 1.29 is 4.74 Å². The van der Waals surface area contributed by atoms with Crippen molar-refractivity contribution in [1.82, 2.24) is 0 Å². The summed E-state index contributed by atoms with van der Waals surface area (Å²) in [4.78, 5) is 0. The Labute approximate surface area is 120 Å². The Morgan fingerprint density at radius 3 is 1.79 bits per heavy atom. The van der Waals surface area contributed by atoms with Crippen LogP contribution < -0.4 is 4.74 Å². The van der Waals surface area contributed by atoms with Gasteiger partial charge in [-0.25, -0.2) is 0 Å². The summed E-state index contributed by atoms with van der Waals surface area (Å²) in [5.74, 6) is 0.972. The molecular weight excluding hydrogens is 232 g/mol. The van der Waals surface area contributed by atoms with Gasteiger partial charge in [0, 0.05) is 0 Å². The van der Waals surface area contributed by atoms with Crippen LogP contribution in [0.5, 0.6) is 5.75 Å². The minimum absolute atomic E-state index is 0.972. The number of unbranched alkanes of at least 4 members (excludes halogenated alkanes) is 6. The lowest BCUT2D eigenvalue weighted by molar-refractivity contribution is 0.411. The van der Waals surface area contributed by atoms with Gasteiger partial charge in [-0.2, -0.15) is 0 Å². The fourth-order valence-electron chi connectivity index (χ4n) is 1.96. The van der Waals surface area contributed by atoms with Crippen LogP contribution in [0.4, 0.5) is 0 Å². The molecule has 1 aromatic rings. The quantitative estimate of drug-likeness (QED) is 0.543. The lowest BCUT2D eigenvalue weighted by Crippen LogP contribution is -1.86. The van der Waals surface area contributed by atoms with Gasteiger partial charge in [0.2, 0.25) is 0 Å². The first kappa shape index (κ1) is 18.0. The maximum Gasteiger partial charge on any atom is 0.122 e. The van der Waals surface area contributed by atoms with Crippen LogP contribution in [0.15, 0.2) is 18.2 Å². The standard InChI is InChI=1S/C9H12O.C9H20/c1-7-4-5-8(2)9(6-7)10-3;1-3-5-7-9-8-6-4-2/h4-6H,1-3H3;3-9H2,1-2H3. The minimum atomic E-state index is 0.972. The molecule has 0 spiro atoms. The third kappa shape index (κ3) is 9.58. The lowest BCUT2D eigenvalue weighted by Gasteiger charge is -2.03. The monoisotopic (exact) mass is 264 g/mol. The molecule has 0 atom stereocenters. The van der Waals surface area contributed by atoms with Crippen molar-refractivity contribution in [2.75, 3.05) is 7.11 Å². The summed E-state index contributed by atoms with van der Waals surface area (Å²) in [6, 6.07) is 6.18. The zero-order chi connectivity index (χ0) is 14.5. The molecule has 1 rings (SSSR count). The average Bonchev–Trinajstić information content (AvgIpc) is 2.42. The Balaban J connectivity index is 0.000000344. The molecule has 110 valence electrons. The number of benzene rings is 1. The largest absolute Gasteiger partial charge is 0.496 e. The van der Waals surface area contributed by atoms with Gasteiger partial charge in [0.1, 0.15) is 5.75 Å². The van der Waals surface area contributed by atoms with Crippen LogP contribution in [0.1, 0.15) is 69.9 Å². The highest BCUT2D eigenvalue weighted by atomic mass is 16.5. The van der Waals surface area contributed by atoms with E-state index in [9.17, 15) is 0 Å². The minimum Gasteiger partial charge on any atom is -0.496 e. The van der Waals surface area contributed by atoms with Crippen molar-refractivity contribution in [3.05, 3.63) is 29.3 Å². The molecule has 0 bridgehead atoms. The van der Waals surface area contributed by atoms with Crippen molar-refractivity contribution in [3.8, 4) is 5.75 Å². The van der Waals surface area contributed by atoms with Gasteiger partial charge in [0.15, 0.2) is 0 Å². The van der Waals surface area contributed by atoms with E-state index in [1.807, 2.05) is 13.0 Å². The van der Waals surface area contributed by atoms with Crippen LogP contribution in [0.2, 0.25) is 0 Å². The summed E-state index contributed by atoms with van der Waals surface area (Å²) >= 11 is 0. The molecule has 0 amide bonds. The molecule has 19 heavy (non-hydrogen) atoms. The first-order chi connectivity index (χ1) is 9.15. The second-order valence-corrected chi connectivity index (χ2v) is 5.24. The second-order valence-electron chi connectivity index (χ2n) is 5.24. The highest BCUT2D eigenvalue weighted by Gasteiger charge is 1.95. The molecule has 0 saturated heterocycles. The molecule has 0 aromatic heterocycles. The third-order valence-electron chi connectivity index (χ3n) is 3.27. The number of hydrogen-bond donors (Lipinski definition) is 0. The highest BCUT2D eigenvalue weighted by molar-refractivity contribution is 5.35. The van der Waals surface area contributed by atoms with Crippen molar-refractivity contribution in [1.29, 1.82) is 0 Å². The molecular formula is C18H32O. The molecule has 0 N–H and O–H groups in total. The van der Waals surface area contributed by atoms with E-state index in [0.29, 0.717) is 0 Å². The van der Waals surface area contributed by atoms with Gasteiger partial charge >= 0.3 is 0 Å². The van der Waals surface area contributed by atoms with Crippen LogP contribution in [0, 0.1) is 13.8 Å². The Bertz CT molecular complexity index is 311. The average molecular weight is 264 g/mol. The van der Waals surface area contributed by atoms with Gasteiger partial charge in [-0.3, -0.25) is 0 Å². The summed E-state index contributed by atoms with van der Waals surface area (Å²) in [6.07, 6.45) is 9.97. The predicted octanol–water partition coefficient (Wildman–Crippen LogP) is 6.07. The van der Waals surface area contributed by atoms with E-state index in [4.69, 9.17) is 4.74 Å². The molecule has 0 unspecified atom stereocenters. The first-order valence-electron chi connectivity index (χ1n) is 7.76. The SMILES string of the molecule is CCCCCCCCC.COc1cc(C)ccc1C. The summed E-state index contributed by atoms with van der Waals surface area (Å²) in [6.45, 7) is 8.62. The van der Waals surface area contributed by atoms with E-state index in [0.717, 1.165) is 5.75 Å². The fourth-order valence-corrected chi connectivity index (χ4v) is 1.96. The summed E-state index contributed by atoms with van der Waals surface area (Å²) < 4.78 is 5.13. The smallest absolute Gasteiger partial charge is 0.122 e. The molecule has 0 saturated carbocycles. The Kier molecular flexibility index (Phi) is 11.5. The predicted molar refractivity (Wildman–Crippen MR) is 86.1 cm³/mol. The maximum atomic E-state index is 5.13. The number of methoxy groups -OCH3 is 1. The highest BCUT2D eigenvalue weighted by Crippen LogP contribution is 2.17. The molecule has 0 aliphatic carbocycles. The molecule has 1 heteroatoms. The topological polar surface area (TPSA) is 9.23 Å². The molecule has 1 nitrogen and oxygen atoms in total. The van der Waals surface area contributed by atoms with Gasteiger partial charge < -0.3 is 4.74 Å². The number of hydrogen-bond acceptors (Lipinski definition) is 1. The first-order valence-corrected chi connectivity index (χ1v) is 7.76. The molecule has 0 heterocycles. The van der Waals surface area contributed by atoms with Crippen LogP contribution >= 0.6 is 0 Å². The van der Waals surface area contributed by atoms with E-state index in [1.54, 1.807) is 7.11 Å². The van der Waals surface area contributed by atoms with E-state index in [-0.39, 0.29) is 0 Å². The van der Waals surface area contributed by atoms with E-state index in [1.165, 1.54) is 56.1 Å². The molecule has 0 radical (unpaired) electrons. The summed E-state index contributed by atoms with van der Waals surface area (Å²) in [7, 11) is 1.70. The van der Waals surface area contributed by atoms with E-state index >= 15 is 0 Å². The zero-order valence-corrected chi connectivity index (χ0v) is 13.6. The number of rotatable bonds is 7. The Morgan fingerprint density at radius 2 is 1.37 bits per heavy atom. The van der Waals surface area contributed by atoms with Crippen molar-refractivity contribution in [2.45, 2.75) is 72.6 Å². The summed E-state index contributed by atoms with van der Waals surface area (Å²) in [5.41, 5.74) is 2.43. The van der Waals surface area contributed by atoms with Crippen molar-refractivity contribution >= 4 is 0 Å². The zero-order valence-electron chi connectivity index (χ0n) is 13.6. The van der Waals surface area contributed by atoms with E-state index < -0.39 is 0 Å². The fraction of sp³-hybridized carbons (Fsp3) is 0.667. The number of aryl methyl sites for hydroxylation is 2. The van der Waals surface area contributed by atoms with Crippen LogP contribution in [0.25, 0.3) is 0 Å². The third-order valence-corrected chi connectivity index (χ3v) is 3.27. The molecule has 0 aliphatic rings. The number of ether oxygens (including phenoxy) is 1. The van der Waals surface area contributed by atoms with Gasteiger partial charge in [0.05, 0.1) is 7.11 Å². The maximum absolute atomic E-state index is 5.13. The second kappa shape index (κ2) is 12.1. The van der Waals surface area contributed by atoms with Crippen molar-refractivity contribution in [3.63, 3.8) is 0 Å². The summed E-state index contributed by atoms with van der Waals surface area (Å²) in [5, 5.41) is 0. The van der Waals surface area contributed by atoms with Gasteiger partial charge in [0.25, 0.3) is 0 Å². The lowest BCUT2D eigenvalue weighted by atomic mass is 10.1. The normalized spacial score (nSPS) is 9.74. The van der Waals surface area contributed by atoms with Gasteiger partial charge in [-0.05, 0) is 31.0 Å². The van der Waals surface area contributed by atoms with Crippen LogP contribution in [0.3, 0.4) is 0 Å². The Morgan fingerprint density at radius 1 is 0.842 bits per heavy atom. The molecule has 1 aromatic carbocycles. The van der Waals surface area contributed by atoms with Gasteiger partial charge in [-0.15, -0.1) is 0 Å². The van der Waals surface area contributed by atoms with Crippen molar-refractivity contribution in [2.24, 2.45) is 0 Å². The molecule has 0 fully saturated rings. The van der Waals surface area contributed by atoms with Gasteiger partial charge in [-0.1, -0.05) is 70.9 Å². The van der Waals surface area contributed by atoms with Crippen LogP contribution in [-0.4, -0.2) is 7.11 Å². The van der Waals surface area contributed by atoms with Crippen LogP contribution in [-0.2, 0) is 0 Å².